The van der Waals surface area contributed by atoms with Gasteiger partial charge in [-0.05, 0) is 12.1 Å². The summed E-state index contributed by atoms with van der Waals surface area (Å²) in [5.41, 5.74) is -0.390. The van der Waals surface area contributed by atoms with Crippen LogP contribution in [0.2, 0.25) is 0 Å². The fourth-order valence-electron chi connectivity index (χ4n) is 2.88. The molecule has 11 heteroatoms. The molecule has 2 aromatic rings. The summed E-state index contributed by atoms with van der Waals surface area (Å²) in [5.74, 6) is -2.04. The third kappa shape index (κ3) is 3.44. The van der Waals surface area contributed by atoms with Gasteiger partial charge in [-0.25, -0.2) is 5.01 Å². The predicted octanol–water partition coefficient (Wildman–Crippen LogP) is 2.02. The highest BCUT2D eigenvalue weighted by molar-refractivity contribution is 6.10. The van der Waals surface area contributed by atoms with E-state index in [9.17, 15) is 22.8 Å². The summed E-state index contributed by atoms with van der Waals surface area (Å²) < 4.78 is 45.4. The van der Waals surface area contributed by atoms with Crippen molar-refractivity contribution >= 4 is 23.1 Å². The average molecular weight is 384 g/mol. The number of carbonyl (C=O) groups excluding carboxylic acids is 1. The molecule has 1 aliphatic rings. The van der Waals surface area contributed by atoms with Crippen molar-refractivity contribution in [2.24, 2.45) is 11.0 Å². The van der Waals surface area contributed by atoms with E-state index in [1.807, 2.05) is 0 Å². The summed E-state index contributed by atoms with van der Waals surface area (Å²) >= 11 is 0. The fraction of sp³-hybridized carbons (Fsp3) is 0.375. The van der Waals surface area contributed by atoms with Crippen LogP contribution in [0, 0.1) is 5.92 Å². The van der Waals surface area contributed by atoms with Crippen LogP contribution >= 0.6 is 0 Å². The number of carbonyl (C=O) groups is 2. The summed E-state index contributed by atoms with van der Waals surface area (Å²) in [7, 11) is 1.30. The smallest absolute Gasteiger partial charge is 0.435 e. The molecule has 1 unspecified atom stereocenters. The van der Waals surface area contributed by atoms with Crippen LogP contribution in [0.25, 0.3) is 5.52 Å². The Hall–Kier alpha value is -3.11. The van der Waals surface area contributed by atoms with Crippen molar-refractivity contribution in [2.45, 2.75) is 19.5 Å². The molecule has 0 saturated carbocycles. The van der Waals surface area contributed by atoms with E-state index in [4.69, 9.17) is 9.84 Å². The third-order valence-electron chi connectivity index (χ3n) is 4.11. The Bertz CT molecular complexity index is 951. The molecule has 3 heterocycles. The van der Waals surface area contributed by atoms with E-state index in [1.165, 1.54) is 19.2 Å². The van der Waals surface area contributed by atoms with Gasteiger partial charge in [-0.15, -0.1) is 0 Å². The van der Waals surface area contributed by atoms with Gasteiger partial charge in [-0.2, -0.15) is 27.9 Å². The number of halogens is 3. The lowest BCUT2D eigenvalue weighted by Crippen LogP contribution is -2.39. The van der Waals surface area contributed by atoms with Gasteiger partial charge in [-0.3, -0.25) is 9.59 Å². The Morgan fingerprint density at radius 2 is 2.11 bits per heavy atom. The molecule has 0 bridgehead atoms. The maximum absolute atomic E-state index is 13.1. The van der Waals surface area contributed by atoms with E-state index in [0.29, 0.717) is 11.3 Å². The summed E-state index contributed by atoms with van der Waals surface area (Å²) in [5, 5.41) is 17.4. The number of aliphatic carboxylic acids is 1. The number of rotatable bonds is 4. The van der Waals surface area contributed by atoms with Crippen molar-refractivity contribution in [1.29, 1.82) is 0 Å². The molecule has 0 aliphatic carbocycles. The molecule has 8 nitrogen and oxygen atoms in total. The van der Waals surface area contributed by atoms with Crippen LogP contribution < -0.4 is 4.74 Å². The minimum atomic E-state index is -4.65. The number of carboxylic acid groups (broad SMARTS) is 1. The summed E-state index contributed by atoms with van der Waals surface area (Å²) in [6.45, 7) is 1.06. The Kier molecular flexibility index (Phi) is 4.54. The van der Waals surface area contributed by atoms with Gasteiger partial charge in [0.2, 0.25) is 11.8 Å². The molecule has 0 radical (unpaired) electrons. The Morgan fingerprint density at radius 1 is 1.41 bits per heavy atom. The molecule has 1 aliphatic heterocycles. The van der Waals surface area contributed by atoms with Crippen LogP contribution in [-0.2, 0) is 15.8 Å². The van der Waals surface area contributed by atoms with E-state index in [2.05, 4.69) is 10.2 Å². The topological polar surface area (TPSA) is 96.5 Å². The first kappa shape index (κ1) is 18.7. The van der Waals surface area contributed by atoms with Crippen molar-refractivity contribution < 1.29 is 32.6 Å². The molecule has 0 aromatic carbocycles. The van der Waals surface area contributed by atoms with Crippen LogP contribution in [0.15, 0.2) is 23.3 Å². The second-order valence-corrected chi connectivity index (χ2v) is 6.05. The lowest BCUT2D eigenvalue weighted by atomic mass is 9.93. The number of amides is 1. The SMILES string of the molecule is COc1ccc(C2=NN(CC(=O)O)C(=O)CC2C)c2cc(C(F)(F)F)nn12. The number of hydrogen-bond acceptors (Lipinski definition) is 5. The number of methoxy groups -OCH3 is 1. The molecular formula is C16H15F3N4O4. The number of hydrogen-bond donors (Lipinski definition) is 1. The van der Waals surface area contributed by atoms with E-state index in [0.717, 1.165) is 15.6 Å². The lowest BCUT2D eigenvalue weighted by Gasteiger charge is -2.27. The van der Waals surface area contributed by atoms with Gasteiger partial charge in [0.05, 0.1) is 18.3 Å². The summed E-state index contributed by atoms with van der Waals surface area (Å²) in [4.78, 5) is 22.9. The van der Waals surface area contributed by atoms with E-state index < -0.39 is 36.2 Å². The van der Waals surface area contributed by atoms with Crippen LogP contribution in [0.3, 0.4) is 0 Å². The molecule has 3 rings (SSSR count). The van der Waals surface area contributed by atoms with E-state index in [1.54, 1.807) is 6.92 Å². The summed E-state index contributed by atoms with van der Waals surface area (Å²) in [6.07, 6.45) is -4.66. The third-order valence-corrected chi connectivity index (χ3v) is 4.11. The number of nitrogens with zero attached hydrogens (tertiary/aromatic N) is 4. The largest absolute Gasteiger partial charge is 0.481 e. The quantitative estimate of drug-likeness (QED) is 0.870. The second-order valence-electron chi connectivity index (χ2n) is 6.05. The lowest BCUT2D eigenvalue weighted by molar-refractivity contribution is -0.145. The standard InChI is InChI=1S/C16H15F3N4O4/c1-8-5-12(24)22(7-14(25)26)21-15(8)9-3-4-13(27-2)23-10(9)6-11(20-23)16(17,18)19/h3-4,6,8H,5,7H2,1-2H3,(H,25,26). The first-order valence-corrected chi connectivity index (χ1v) is 7.86. The van der Waals surface area contributed by atoms with Gasteiger partial charge >= 0.3 is 12.1 Å². The van der Waals surface area contributed by atoms with Crippen molar-refractivity contribution in [3.05, 3.63) is 29.5 Å². The number of hydrazone groups is 1. The number of aromatic nitrogens is 2. The number of alkyl halides is 3. The molecule has 0 saturated heterocycles. The first-order valence-electron chi connectivity index (χ1n) is 7.86. The average Bonchev–Trinajstić information content (AvgIpc) is 3.02. The highest BCUT2D eigenvalue weighted by Crippen LogP contribution is 2.32. The Balaban J connectivity index is 2.19. The normalized spacial score (nSPS) is 18.0. The predicted molar refractivity (Wildman–Crippen MR) is 86.4 cm³/mol. The zero-order valence-electron chi connectivity index (χ0n) is 14.3. The van der Waals surface area contributed by atoms with Crippen LogP contribution in [0.1, 0.15) is 24.6 Å². The molecule has 1 atom stereocenters. The van der Waals surface area contributed by atoms with Crippen molar-refractivity contribution in [1.82, 2.24) is 14.6 Å². The van der Waals surface area contributed by atoms with Gasteiger partial charge in [0.15, 0.2) is 5.69 Å². The number of pyridine rings is 1. The Labute approximate surface area is 150 Å². The zero-order valence-corrected chi connectivity index (χ0v) is 14.3. The van der Waals surface area contributed by atoms with Gasteiger partial charge in [0.25, 0.3) is 0 Å². The van der Waals surface area contributed by atoms with Crippen LogP contribution in [0.4, 0.5) is 13.2 Å². The molecule has 1 amide bonds. The number of ether oxygens (including phenoxy) is 1. The fourth-order valence-corrected chi connectivity index (χ4v) is 2.88. The highest BCUT2D eigenvalue weighted by Gasteiger charge is 2.36. The monoisotopic (exact) mass is 384 g/mol. The minimum Gasteiger partial charge on any atom is -0.481 e. The van der Waals surface area contributed by atoms with E-state index in [-0.39, 0.29) is 17.8 Å². The molecule has 0 spiro atoms. The van der Waals surface area contributed by atoms with Crippen molar-refractivity contribution in [3.63, 3.8) is 0 Å². The molecular weight excluding hydrogens is 369 g/mol. The maximum atomic E-state index is 13.1. The van der Waals surface area contributed by atoms with Gasteiger partial charge in [0, 0.05) is 24.0 Å². The minimum absolute atomic E-state index is 0.00936. The molecule has 27 heavy (non-hydrogen) atoms. The molecule has 2 aromatic heterocycles. The molecule has 1 N–H and O–H groups in total. The van der Waals surface area contributed by atoms with Crippen LogP contribution in [-0.4, -0.2) is 51.0 Å². The van der Waals surface area contributed by atoms with Gasteiger partial charge in [-0.1, -0.05) is 6.92 Å². The highest BCUT2D eigenvalue weighted by atomic mass is 19.4. The first-order chi connectivity index (χ1) is 12.6. The number of fused-ring (bicyclic) bond motifs is 1. The second kappa shape index (κ2) is 6.56. The number of carboxylic acids is 1. The maximum Gasteiger partial charge on any atom is 0.435 e. The van der Waals surface area contributed by atoms with Crippen molar-refractivity contribution in [2.75, 3.05) is 13.7 Å². The van der Waals surface area contributed by atoms with E-state index >= 15 is 0 Å². The van der Waals surface area contributed by atoms with Gasteiger partial charge < -0.3 is 9.84 Å². The summed E-state index contributed by atoms with van der Waals surface area (Å²) in [6, 6.07) is 3.81. The zero-order chi connectivity index (χ0) is 19.9. The van der Waals surface area contributed by atoms with Crippen molar-refractivity contribution in [3.8, 4) is 5.88 Å². The Morgan fingerprint density at radius 3 is 2.70 bits per heavy atom. The van der Waals surface area contributed by atoms with Crippen LogP contribution in [0.5, 0.6) is 5.88 Å². The molecule has 144 valence electrons. The van der Waals surface area contributed by atoms with Gasteiger partial charge in [0.1, 0.15) is 6.54 Å². The molecule has 0 fully saturated rings.